The molecule has 0 saturated carbocycles. The first-order valence-corrected chi connectivity index (χ1v) is 9.21. The molecule has 0 N–H and O–H groups in total. The fourth-order valence-electron chi connectivity index (χ4n) is 3.12. The number of likely N-dealkylation sites (tertiary alicyclic amines) is 1. The van der Waals surface area contributed by atoms with Crippen molar-refractivity contribution in [2.45, 2.75) is 26.2 Å². The Morgan fingerprint density at radius 3 is 2.38 bits per heavy atom. The van der Waals surface area contributed by atoms with Crippen LogP contribution in [0.5, 0.6) is 11.5 Å². The molecule has 1 amide bonds. The standard InChI is InChI=1S/C21H26N2O3/c1-17-2-4-19(5-3-17)26-16-21(24)23-13-8-18(9-14-23)10-15-25-20-6-11-22-12-7-20/h2-7,11-12,18H,8-10,13-16H2,1H3. The van der Waals surface area contributed by atoms with Gasteiger partial charge in [0, 0.05) is 25.5 Å². The molecule has 2 heterocycles. The minimum absolute atomic E-state index is 0.0667. The average molecular weight is 354 g/mol. The molecule has 1 saturated heterocycles. The van der Waals surface area contributed by atoms with Crippen molar-refractivity contribution in [2.75, 3.05) is 26.3 Å². The lowest BCUT2D eigenvalue weighted by atomic mass is 9.94. The maximum absolute atomic E-state index is 12.3. The summed E-state index contributed by atoms with van der Waals surface area (Å²) in [5, 5.41) is 0. The first-order chi connectivity index (χ1) is 12.7. The summed E-state index contributed by atoms with van der Waals surface area (Å²) in [5.41, 5.74) is 1.18. The number of carbonyl (C=O) groups excluding carboxylic acids is 1. The molecule has 5 nitrogen and oxygen atoms in total. The van der Waals surface area contributed by atoms with Gasteiger partial charge in [-0.2, -0.15) is 0 Å². The van der Waals surface area contributed by atoms with Gasteiger partial charge in [-0.3, -0.25) is 9.78 Å². The molecule has 3 rings (SSSR count). The number of hydrogen-bond donors (Lipinski definition) is 0. The second-order valence-electron chi connectivity index (χ2n) is 6.75. The van der Waals surface area contributed by atoms with E-state index in [1.807, 2.05) is 48.2 Å². The zero-order valence-electron chi connectivity index (χ0n) is 15.3. The van der Waals surface area contributed by atoms with Crippen LogP contribution in [0.25, 0.3) is 0 Å². The van der Waals surface area contributed by atoms with Crippen LogP contribution in [-0.4, -0.2) is 42.1 Å². The maximum Gasteiger partial charge on any atom is 0.260 e. The van der Waals surface area contributed by atoms with Crippen molar-refractivity contribution < 1.29 is 14.3 Å². The SMILES string of the molecule is Cc1ccc(OCC(=O)N2CCC(CCOc3ccncc3)CC2)cc1. The number of aromatic nitrogens is 1. The van der Waals surface area contributed by atoms with Gasteiger partial charge in [0.15, 0.2) is 6.61 Å². The van der Waals surface area contributed by atoms with Crippen molar-refractivity contribution in [1.82, 2.24) is 9.88 Å². The molecule has 1 aliphatic heterocycles. The fraction of sp³-hybridized carbons (Fsp3) is 0.429. The van der Waals surface area contributed by atoms with E-state index < -0.39 is 0 Å². The molecule has 1 aromatic heterocycles. The largest absolute Gasteiger partial charge is 0.493 e. The van der Waals surface area contributed by atoms with Crippen molar-refractivity contribution in [3.63, 3.8) is 0 Å². The minimum Gasteiger partial charge on any atom is -0.493 e. The Balaban J connectivity index is 1.33. The quantitative estimate of drug-likeness (QED) is 0.764. The number of carbonyl (C=O) groups is 1. The van der Waals surface area contributed by atoms with E-state index in [2.05, 4.69) is 4.98 Å². The summed E-state index contributed by atoms with van der Waals surface area (Å²) < 4.78 is 11.3. The van der Waals surface area contributed by atoms with Gasteiger partial charge in [0.2, 0.25) is 0 Å². The molecule has 1 aliphatic rings. The van der Waals surface area contributed by atoms with E-state index >= 15 is 0 Å². The van der Waals surface area contributed by atoms with Gasteiger partial charge in [-0.05, 0) is 56.4 Å². The molecular weight excluding hydrogens is 328 g/mol. The number of piperidine rings is 1. The summed E-state index contributed by atoms with van der Waals surface area (Å²) in [6.07, 6.45) is 6.53. The van der Waals surface area contributed by atoms with Crippen LogP contribution in [0, 0.1) is 12.8 Å². The van der Waals surface area contributed by atoms with Crippen LogP contribution < -0.4 is 9.47 Å². The van der Waals surface area contributed by atoms with Gasteiger partial charge in [-0.25, -0.2) is 0 Å². The maximum atomic E-state index is 12.3. The highest BCUT2D eigenvalue weighted by Crippen LogP contribution is 2.21. The number of amides is 1. The number of benzene rings is 1. The summed E-state index contributed by atoms with van der Waals surface area (Å²) in [5.74, 6) is 2.28. The van der Waals surface area contributed by atoms with Crippen molar-refractivity contribution in [3.05, 3.63) is 54.4 Å². The number of ether oxygens (including phenoxy) is 2. The number of hydrogen-bond acceptors (Lipinski definition) is 4. The monoisotopic (exact) mass is 354 g/mol. The molecule has 5 heteroatoms. The molecule has 0 aliphatic carbocycles. The van der Waals surface area contributed by atoms with Crippen LogP contribution in [0.4, 0.5) is 0 Å². The smallest absolute Gasteiger partial charge is 0.260 e. The van der Waals surface area contributed by atoms with Gasteiger partial charge >= 0.3 is 0 Å². The van der Waals surface area contributed by atoms with Crippen LogP contribution >= 0.6 is 0 Å². The molecule has 0 unspecified atom stereocenters. The van der Waals surface area contributed by atoms with Crippen LogP contribution in [0.15, 0.2) is 48.8 Å². The molecule has 0 radical (unpaired) electrons. The van der Waals surface area contributed by atoms with E-state index in [1.165, 1.54) is 5.56 Å². The molecule has 0 atom stereocenters. The Morgan fingerprint density at radius 2 is 1.69 bits per heavy atom. The second kappa shape index (κ2) is 9.22. The summed E-state index contributed by atoms with van der Waals surface area (Å²) in [7, 11) is 0. The summed E-state index contributed by atoms with van der Waals surface area (Å²) in [6, 6.07) is 11.5. The molecule has 1 aromatic carbocycles. The molecule has 0 bridgehead atoms. The van der Waals surface area contributed by atoms with Crippen LogP contribution in [-0.2, 0) is 4.79 Å². The number of pyridine rings is 1. The van der Waals surface area contributed by atoms with Gasteiger partial charge in [0.1, 0.15) is 11.5 Å². The summed E-state index contributed by atoms with van der Waals surface area (Å²) in [6.45, 7) is 4.45. The van der Waals surface area contributed by atoms with Gasteiger partial charge in [0.25, 0.3) is 5.91 Å². The lowest BCUT2D eigenvalue weighted by Crippen LogP contribution is -2.41. The average Bonchev–Trinajstić information content (AvgIpc) is 2.69. The van der Waals surface area contributed by atoms with Gasteiger partial charge in [-0.1, -0.05) is 17.7 Å². The van der Waals surface area contributed by atoms with E-state index in [-0.39, 0.29) is 12.5 Å². The highest BCUT2D eigenvalue weighted by molar-refractivity contribution is 5.77. The van der Waals surface area contributed by atoms with Crippen LogP contribution in [0.1, 0.15) is 24.8 Å². The number of rotatable bonds is 7. The van der Waals surface area contributed by atoms with E-state index in [1.54, 1.807) is 12.4 Å². The zero-order chi connectivity index (χ0) is 18.2. The Morgan fingerprint density at radius 1 is 1.04 bits per heavy atom. The van der Waals surface area contributed by atoms with Crippen molar-refractivity contribution in [2.24, 2.45) is 5.92 Å². The van der Waals surface area contributed by atoms with E-state index in [9.17, 15) is 4.79 Å². The summed E-state index contributed by atoms with van der Waals surface area (Å²) >= 11 is 0. The predicted molar refractivity (Wildman–Crippen MR) is 100 cm³/mol. The van der Waals surface area contributed by atoms with Gasteiger partial charge in [-0.15, -0.1) is 0 Å². The van der Waals surface area contributed by atoms with E-state index in [0.717, 1.165) is 43.9 Å². The van der Waals surface area contributed by atoms with Crippen molar-refractivity contribution in [1.29, 1.82) is 0 Å². The number of nitrogens with zero attached hydrogens (tertiary/aromatic N) is 2. The molecule has 1 fully saturated rings. The lowest BCUT2D eigenvalue weighted by molar-refractivity contribution is -0.134. The second-order valence-corrected chi connectivity index (χ2v) is 6.75. The van der Waals surface area contributed by atoms with Crippen molar-refractivity contribution >= 4 is 5.91 Å². The Labute approximate surface area is 155 Å². The van der Waals surface area contributed by atoms with Crippen LogP contribution in [0.2, 0.25) is 0 Å². The van der Waals surface area contributed by atoms with Crippen LogP contribution in [0.3, 0.4) is 0 Å². The first kappa shape index (κ1) is 18.2. The topological polar surface area (TPSA) is 51.7 Å². The predicted octanol–water partition coefficient (Wildman–Crippen LogP) is 3.48. The highest BCUT2D eigenvalue weighted by Gasteiger charge is 2.23. The third-order valence-electron chi connectivity index (χ3n) is 4.80. The summed E-state index contributed by atoms with van der Waals surface area (Å²) in [4.78, 5) is 18.2. The van der Waals surface area contributed by atoms with E-state index in [4.69, 9.17) is 9.47 Å². The number of aryl methyl sites for hydroxylation is 1. The fourth-order valence-corrected chi connectivity index (χ4v) is 3.12. The molecule has 138 valence electrons. The molecule has 0 spiro atoms. The first-order valence-electron chi connectivity index (χ1n) is 9.21. The third-order valence-corrected chi connectivity index (χ3v) is 4.80. The van der Waals surface area contributed by atoms with Gasteiger partial charge in [0.05, 0.1) is 6.61 Å². The molecule has 26 heavy (non-hydrogen) atoms. The molecule has 2 aromatic rings. The Kier molecular flexibility index (Phi) is 6.47. The Hall–Kier alpha value is -2.56. The third kappa shape index (κ3) is 5.48. The normalized spacial score (nSPS) is 14.9. The van der Waals surface area contributed by atoms with Gasteiger partial charge < -0.3 is 14.4 Å². The molecular formula is C21H26N2O3. The zero-order valence-corrected chi connectivity index (χ0v) is 15.3. The highest BCUT2D eigenvalue weighted by atomic mass is 16.5. The van der Waals surface area contributed by atoms with E-state index in [0.29, 0.717) is 12.5 Å². The Bertz CT molecular complexity index is 680. The lowest BCUT2D eigenvalue weighted by Gasteiger charge is -2.32. The minimum atomic E-state index is 0.0667. The van der Waals surface area contributed by atoms with Crippen molar-refractivity contribution in [3.8, 4) is 11.5 Å².